The van der Waals surface area contributed by atoms with Crippen LogP contribution >= 0.6 is 0 Å². The Labute approximate surface area is 205 Å². The van der Waals surface area contributed by atoms with Crippen LogP contribution in [0, 0.1) is 6.92 Å². The van der Waals surface area contributed by atoms with E-state index in [9.17, 15) is 22.8 Å². The van der Waals surface area contributed by atoms with Gasteiger partial charge < -0.3 is 24.3 Å². The zero-order valence-corrected chi connectivity index (χ0v) is 19.5. The van der Waals surface area contributed by atoms with Crippen LogP contribution in [0.15, 0.2) is 42.5 Å². The fourth-order valence-corrected chi connectivity index (χ4v) is 4.54. The SMILES string of the molecule is Cc1c2c(cc3c1N(Cc1ccccc1OC(F)(F)F)CCO3)CCN(OC(=O)/C=C/C(=O)O)CC2. The first-order chi connectivity index (χ1) is 17.1. The van der Waals surface area contributed by atoms with Gasteiger partial charge in [-0.3, -0.25) is 0 Å². The molecular formula is C25H25F3N2O6. The number of halogens is 3. The Morgan fingerprint density at radius 3 is 2.64 bits per heavy atom. The Kier molecular flexibility index (Phi) is 7.39. The number of ether oxygens (including phenoxy) is 2. The van der Waals surface area contributed by atoms with E-state index in [1.54, 1.807) is 12.1 Å². The number of carbonyl (C=O) groups excluding carboxylic acids is 1. The zero-order chi connectivity index (χ0) is 25.9. The maximum Gasteiger partial charge on any atom is 0.573 e. The topological polar surface area (TPSA) is 88.5 Å². The number of hydrogen-bond acceptors (Lipinski definition) is 7. The van der Waals surface area contributed by atoms with Crippen molar-refractivity contribution in [1.82, 2.24) is 5.06 Å². The molecule has 2 aromatic rings. The molecule has 0 atom stereocenters. The third kappa shape index (κ3) is 6.09. The Morgan fingerprint density at radius 1 is 1.14 bits per heavy atom. The molecule has 2 aliphatic rings. The van der Waals surface area contributed by atoms with E-state index in [0.29, 0.717) is 50.4 Å². The highest BCUT2D eigenvalue weighted by atomic mass is 19.4. The van der Waals surface area contributed by atoms with Gasteiger partial charge in [-0.2, -0.15) is 0 Å². The molecule has 0 radical (unpaired) electrons. The molecule has 0 fully saturated rings. The van der Waals surface area contributed by atoms with Gasteiger partial charge in [0.05, 0.1) is 12.2 Å². The van der Waals surface area contributed by atoms with Crippen molar-refractivity contribution in [2.45, 2.75) is 32.7 Å². The van der Waals surface area contributed by atoms with E-state index in [2.05, 4.69) is 4.74 Å². The quantitative estimate of drug-likeness (QED) is 0.593. The maximum atomic E-state index is 12.9. The molecule has 0 bridgehead atoms. The van der Waals surface area contributed by atoms with Gasteiger partial charge in [0.15, 0.2) is 0 Å². The van der Waals surface area contributed by atoms with Crippen molar-refractivity contribution in [2.24, 2.45) is 0 Å². The number of hydroxylamine groups is 2. The van der Waals surface area contributed by atoms with Crippen LogP contribution in [0.5, 0.6) is 11.5 Å². The van der Waals surface area contributed by atoms with Crippen molar-refractivity contribution in [1.29, 1.82) is 0 Å². The van der Waals surface area contributed by atoms with Crippen molar-refractivity contribution < 1.29 is 42.2 Å². The van der Waals surface area contributed by atoms with Crippen LogP contribution in [-0.2, 0) is 33.8 Å². The summed E-state index contributed by atoms with van der Waals surface area (Å²) in [6, 6.07) is 8.03. The zero-order valence-electron chi connectivity index (χ0n) is 19.5. The predicted octanol–water partition coefficient (Wildman–Crippen LogP) is 3.79. The molecule has 0 saturated heterocycles. The maximum absolute atomic E-state index is 12.9. The molecule has 0 aliphatic carbocycles. The van der Waals surface area contributed by atoms with Gasteiger partial charge in [0.1, 0.15) is 18.1 Å². The summed E-state index contributed by atoms with van der Waals surface area (Å²) in [6.45, 7) is 3.86. The van der Waals surface area contributed by atoms with Gasteiger partial charge in [-0.05, 0) is 48.6 Å². The largest absolute Gasteiger partial charge is 0.573 e. The van der Waals surface area contributed by atoms with Gasteiger partial charge in [0.2, 0.25) is 0 Å². The van der Waals surface area contributed by atoms with Crippen molar-refractivity contribution in [3.63, 3.8) is 0 Å². The van der Waals surface area contributed by atoms with Crippen LogP contribution in [-0.4, -0.2) is 54.7 Å². The second-order valence-electron chi connectivity index (χ2n) is 8.42. The predicted molar refractivity (Wildman–Crippen MR) is 123 cm³/mol. The fraction of sp³-hybridized carbons (Fsp3) is 0.360. The lowest BCUT2D eigenvalue weighted by Gasteiger charge is -2.34. The number of fused-ring (bicyclic) bond motifs is 2. The first kappa shape index (κ1) is 25.4. The summed E-state index contributed by atoms with van der Waals surface area (Å²) in [4.78, 5) is 29.8. The van der Waals surface area contributed by atoms with Gasteiger partial charge >= 0.3 is 18.3 Å². The molecule has 4 rings (SSSR count). The minimum absolute atomic E-state index is 0.210. The molecule has 1 N–H and O–H groups in total. The number of aliphatic carboxylic acids is 1. The van der Waals surface area contributed by atoms with Crippen LogP contribution in [0.2, 0.25) is 0 Å². The van der Waals surface area contributed by atoms with E-state index in [1.165, 1.54) is 17.2 Å². The summed E-state index contributed by atoms with van der Waals surface area (Å²) in [5.74, 6) is -1.59. The summed E-state index contributed by atoms with van der Waals surface area (Å²) < 4.78 is 48.8. The number of benzene rings is 2. The molecule has 192 valence electrons. The van der Waals surface area contributed by atoms with Gasteiger partial charge in [0.25, 0.3) is 0 Å². The van der Waals surface area contributed by atoms with E-state index < -0.39 is 18.3 Å². The molecule has 36 heavy (non-hydrogen) atoms. The molecule has 8 nitrogen and oxygen atoms in total. The number of para-hydroxylation sites is 1. The normalized spacial score (nSPS) is 16.1. The minimum atomic E-state index is -4.79. The lowest BCUT2D eigenvalue weighted by atomic mass is 9.94. The summed E-state index contributed by atoms with van der Waals surface area (Å²) in [5.41, 5.74) is 4.27. The number of hydrogen-bond donors (Lipinski definition) is 1. The highest BCUT2D eigenvalue weighted by molar-refractivity contribution is 5.90. The van der Waals surface area contributed by atoms with E-state index >= 15 is 0 Å². The van der Waals surface area contributed by atoms with Crippen molar-refractivity contribution in [3.05, 3.63) is 64.7 Å². The van der Waals surface area contributed by atoms with Gasteiger partial charge in [0, 0.05) is 37.3 Å². The van der Waals surface area contributed by atoms with E-state index in [0.717, 1.165) is 34.5 Å². The Hall–Kier alpha value is -3.73. The monoisotopic (exact) mass is 506 g/mol. The summed E-state index contributed by atoms with van der Waals surface area (Å²) in [5, 5.41) is 10.2. The van der Waals surface area contributed by atoms with Crippen molar-refractivity contribution in [2.75, 3.05) is 31.1 Å². The first-order valence-electron chi connectivity index (χ1n) is 11.4. The standard InChI is InChI=1S/C25H25F3N2O6/c1-16-19-9-11-30(36-23(33)7-6-22(31)32)10-8-17(19)14-21-24(16)29(12-13-34-21)15-18-4-2-3-5-20(18)35-25(26,27)28/h2-7,14H,8-13,15H2,1H3,(H,31,32)/b7-6+. The molecule has 0 unspecified atom stereocenters. The smallest absolute Gasteiger partial charge is 0.490 e. The van der Waals surface area contributed by atoms with Crippen molar-refractivity contribution >= 4 is 17.6 Å². The van der Waals surface area contributed by atoms with Crippen LogP contribution in [0.1, 0.15) is 22.3 Å². The fourth-order valence-electron chi connectivity index (χ4n) is 4.54. The molecule has 2 aromatic carbocycles. The summed E-state index contributed by atoms with van der Waals surface area (Å²) >= 11 is 0. The highest BCUT2D eigenvalue weighted by Crippen LogP contribution is 2.41. The molecule has 0 aromatic heterocycles. The lowest BCUT2D eigenvalue weighted by Crippen LogP contribution is -2.33. The molecule has 0 saturated carbocycles. The number of nitrogens with zero attached hydrogens (tertiary/aromatic N) is 2. The van der Waals surface area contributed by atoms with Crippen LogP contribution < -0.4 is 14.4 Å². The highest BCUT2D eigenvalue weighted by Gasteiger charge is 2.33. The molecule has 2 heterocycles. The third-order valence-corrected chi connectivity index (χ3v) is 6.05. The first-order valence-corrected chi connectivity index (χ1v) is 11.4. The third-order valence-electron chi connectivity index (χ3n) is 6.05. The number of carboxylic acids is 1. The van der Waals surface area contributed by atoms with E-state index in [4.69, 9.17) is 14.7 Å². The Morgan fingerprint density at radius 2 is 1.89 bits per heavy atom. The molecule has 11 heteroatoms. The van der Waals surface area contributed by atoms with Crippen LogP contribution in [0.3, 0.4) is 0 Å². The van der Waals surface area contributed by atoms with Crippen LogP contribution in [0.4, 0.5) is 18.9 Å². The van der Waals surface area contributed by atoms with E-state index in [-0.39, 0.29) is 12.3 Å². The summed E-state index contributed by atoms with van der Waals surface area (Å²) in [7, 11) is 0. The van der Waals surface area contributed by atoms with Gasteiger partial charge in [-0.1, -0.05) is 18.2 Å². The average Bonchev–Trinajstić information content (AvgIpc) is 3.01. The molecular weight excluding hydrogens is 481 g/mol. The number of anilines is 1. The molecule has 2 aliphatic heterocycles. The number of carbonyl (C=O) groups is 2. The van der Waals surface area contributed by atoms with Gasteiger partial charge in [-0.25, -0.2) is 9.59 Å². The average molecular weight is 506 g/mol. The van der Waals surface area contributed by atoms with Crippen molar-refractivity contribution in [3.8, 4) is 11.5 Å². The number of rotatable bonds is 6. The number of carboxylic acid groups (broad SMARTS) is 1. The number of alkyl halides is 3. The second-order valence-corrected chi connectivity index (χ2v) is 8.42. The van der Waals surface area contributed by atoms with Gasteiger partial charge in [-0.15, -0.1) is 18.2 Å². The Balaban J connectivity index is 1.55. The molecule has 0 amide bonds. The second kappa shape index (κ2) is 10.5. The summed E-state index contributed by atoms with van der Waals surface area (Å²) in [6.07, 6.45) is -2.07. The molecule has 0 spiro atoms. The van der Waals surface area contributed by atoms with E-state index in [1.807, 2.05) is 17.9 Å². The lowest BCUT2D eigenvalue weighted by molar-refractivity contribution is -0.274. The Bertz CT molecular complexity index is 1180. The van der Waals surface area contributed by atoms with Crippen LogP contribution in [0.25, 0.3) is 0 Å². The minimum Gasteiger partial charge on any atom is -0.490 e.